The third-order valence-electron chi connectivity index (χ3n) is 4.44. The molecule has 3 rings (SSSR count). The molecule has 4 nitrogen and oxygen atoms in total. The van der Waals surface area contributed by atoms with E-state index in [-0.39, 0.29) is 11.5 Å². The van der Waals surface area contributed by atoms with Crippen molar-refractivity contribution in [2.45, 2.75) is 33.5 Å². The van der Waals surface area contributed by atoms with Gasteiger partial charge in [-0.15, -0.1) is 0 Å². The fourth-order valence-electron chi connectivity index (χ4n) is 3.16. The van der Waals surface area contributed by atoms with Crippen LogP contribution in [0.1, 0.15) is 28.7 Å². The molecule has 0 bridgehead atoms. The Morgan fingerprint density at radius 2 is 1.54 bits per heavy atom. The monoisotopic (exact) mass is 385 g/mol. The lowest BCUT2D eigenvalue weighted by Gasteiger charge is -2.14. The summed E-state index contributed by atoms with van der Waals surface area (Å²) in [6.45, 7) is 2.59. The highest BCUT2D eigenvalue weighted by Crippen LogP contribution is 2.25. The molecule has 1 aromatic heterocycles. The maximum atomic E-state index is 12.9. The smallest absolute Gasteiger partial charge is 0.387 e. The molecule has 146 valence electrons. The standard InChI is InChI=1S/C22H21F2NO3/c1-14-13-20(21(26)16(3)27-18-7-5-4-6-8-18)15(2)25(14)17-9-11-19(12-10-17)28-22(23)24/h4-13,16,22H,1-3H3/t16-/m0/s1. The Bertz CT molecular complexity index is 950. The predicted octanol–water partition coefficient (Wildman–Crippen LogP) is 5.35. The van der Waals surface area contributed by atoms with Gasteiger partial charge >= 0.3 is 6.61 Å². The largest absolute Gasteiger partial charge is 0.483 e. The molecule has 0 aliphatic rings. The Morgan fingerprint density at radius 1 is 0.929 bits per heavy atom. The Labute approximate surface area is 162 Å². The van der Waals surface area contributed by atoms with E-state index < -0.39 is 12.7 Å². The topological polar surface area (TPSA) is 40.5 Å². The van der Waals surface area contributed by atoms with Crippen molar-refractivity contribution in [3.63, 3.8) is 0 Å². The molecule has 0 saturated heterocycles. The normalized spacial score (nSPS) is 12.1. The minimum Gasteiger partial charge on any atom is -0.483 e. The fourth-order valence-corrected chi connectivity index (χ4v) is 3.16. The maximum Gasteiger partial charge on any atom is 0.387 e. The van der Waals surface area contributed by atoms with Crippen LogP contribution in [-0.4, -0.2) is 23.1 Å². The van der Waals surface area contributed by atoms with Gasteiger partial charge in [-0.1, -0.05) is 18.2 Å². The van der Waals surface area contributed by atoms with Crippen LogP contribution in [0.25, 0.3) is 5.69 Å². The van der Waals surface area contributed by atoms with Crippen molar-refractivity contribution in [3.05, 3.63) is 77.6 Å². The molecule has 0 amide bonds. The van der Waals surface area contributed by atoms with Gasteiger partial charge in [-0.3, -0.25) is 4.79 Å². The van der Waals surface area contributed by atoms with Crippen LogP contribution in [0.15, 0.2) is 60.7 Å². The van der Waals surface area contributed by atoms with Crippen LogP contribution in [0.4, 0.5) is 8.78 Å². The average Bonchev–Trinajstić information content (AvgIpc) is 2.96. The van der Waals surface area contributed by atoms with E-state index in [0.717, 1.165) is 17.1 Å². The third kappa shape index (κ3) is 4.22. The number of halogens is 2. The molecule has 0 fully saturated rings. The SMILES string of the molecule is Cc1cc(C(=O)[C@H](C)Oc2ccccc2)c(C)n1-c1ccc(OC(F)F)cc1. The molecule has 2 aromatic carbocycles. The van der Waals surface area contributed by atoms with E-state index in [4.69, 9.17) is 4.74 Å². The summed E-state index contributed by atoms with van der Waals surface area (Å²) in [6.07, 6.45) is -0.641. The van der Waals surface area contributed by atoms with E-state index in [2.05, 4.69) is 4.74 Å². The number of aromatic nitrogens is 1. The van der Waals surface area contributed by atoms with E-state index in [0.29, 0.717) is 11.3 Å². The number of rotatable bonds is 7. The van der Waals surface area contributed by atoms with Gasteiger partial charge in [-0.05, 0) is 63.2 Å². The van der Waals surface area contributed by atoms with Crippen molar-refractivity contribution < 1.29 is 23.0 Å². The molecule has 0 N–H and O–H groups in total. The Kier molecular flexibility index (Phi) is 5.78. The summed E-state index contributed by atoms with van der Waals surface area (Å²) in [5.74, 6) is 0.593. The van der Waals surface area contributed by atoms with Crippen LogP contribution in [-0.2, 0) is 0 Å². The van der Waals surface area contributed by atoms with Crippen molar-refractivity contribution in [3.8, 4) is 17.2 Å². The number of aryl methyl sites for hydroxylation is 1. The Hall–Kier alpha value is -3.15. The average molecular weight is 385 g/mol. The fraction of sp³-hybridized carbons (Fsp3) is 0.227. The van der Waals surface area contributed by atoms with E-state index >= 15 is 0 Å². The van der Waals surface area contributed by atoms with Gasteiger partial charge in [-0.25, -0.2) is 0 Å². The number of ether oxygens (including phenoxy) is 2. The van der Waals surface area contributed by atoms with Gasteiger partial charge in [0, 0.05) is 22.6 Å². The van der Waals surface area contributed by atoms with E-state index in [1.165, 1.54) is 12.1 Å². The minimum absolute atomic E-state index is 0.0856. The first-order valence-corrected chi connectivity index (χ1v) is 8.87. The number of para-hydroxylation sites is 1. The van der Waals surface area contributed by atoms with Crippen molar-refractivity contribution in [2.24, 2.45) is 0 Å². The van der Waals surface area contributed by atoms with E-state index in [1.807, 2.05) is 42.7 Å². The molecule has 0 aliphatic heterocycles. The van der Waals surface area contributed by atoms with Gasteiger partial charge in [-0.2, -0.15) is 8.78 Å². The number of hydrogen-bond donors (Lipinski definition) is 0. The molecular weight excluding hydrogens is 364 g/mol. The summed E-state index contributed by atoms with van der Waals surface area (Å²) in [6, 6.07) is 17.3. The molecule has 0 unspecified atom stereocenters. The molecular formula is C22H21F2NO3. The maximum absolute atomic E-state index is 12.9. The van der Waals surface area contributed by atoms with Gasteiger partial charge in [0.25, 0.3) is 0 Å². The number of alkyl halides is 2. The van der Waals surface area contributed by atoms with Crippen LogP contribution in [0.2, 0.25) is 0 Å². The summed E-state index contributed by atoms with van der Waals surface area (Å²) in [5, 5.41) is 0. The number of carbonyl (C=O) groups is 1. The molecule has 1 heterocycles. The van der Waals surface area contributed by atoms with Crippen molar-refractivity contribution >= 4 is 5.78 Å². The van der Waals surface area contributed by atoms with Gasteiger partial charge in [0.05, 0.1) is 0 Å². The summed E-state index contributed by atoms with van der Waals surface area (Å²) < 4.78 is 36.7. The summed E-state index contributed by atoms with van der Waals surface area (Å²) >= 11 is 0. The summed E-state index contributed by atoms with van der Waals surface area (Å²) in [5.41, 5.74) is 2.94. The molecule has 6 heteroatoms. The van der Waals surface area contributed by atoms with Gasteiger partial charge < -0.3 is 14.0 Å². The quantitative estimate of drug-likeness (QED) is 0.515. The molecule has 0 radical (unpaired) electrons. The zero-order valence-electron chi connectivity index (χ0n) is 15.9. The number of ketones is 1. The van der Waals surface area contributed by atoms with Crippen LogP contribution >= 0.6 is 0 Å². The van der Waals surface area contributed by atoms with Crippen LogP contribution in [0.5, 0.6) is 11.5 Å². The lowest BCUT2D eigenvalue weighted by molar-refractivity contribution is -0.0498. The predicted molar refractivity (Wildman–Crippen MR) is 103 cm³/mol. The Balaban J connectivity index is 1.84. The van der Waals surface area contributed by atoms with Crippen molar-refractivity contribution in [1.82, 2.24) is 4.57 Å². The van der Waals surface area contributed by atoms with Crippen LogP contribution in [0.3, 0.4) is 0 Å². The number of hydrogen-bond acceptors (Lipinski definition) is 3. The molecule has 28 heavy (non-hydrogen) atoms. The second kappa shape index (κ2) is 8.25. The third-order valence-corrected chi connectivity index (χ3v) is 4.44. The molecule has 3 aromatic rings. The van der Waals surface area contributed by atoms with Crippen LogP contribution in [0, 0.1) is 13.8 Å². The molecule has 0 spiro atoms. The number of Topliss-reactive ketones (excluding diaryl/α,β-unsaturated/α-hetero) is 1. The Morgan fingerprint density at radius 3 is 2.14 bits per heavy atom. The zero-order valence-corrected chi connectivity index (χ0v) is 15.9. The van der Waals surface area contributed by atoms with Crippen molar-refractivity contribution in [2.75, 3.05) is 0 Å². The highest BCUT2D eigenvalue weighted by molar-refractivity contribution is 6.00. The van der Waals surface area contributed by atoms with E-state index in [1.54, 1.807) is 31.2 Å². The second-order valence-corrected chi connectivity index (χ2v) is 6.43. The number of carbonyl (C=O) groups excluding carboxylic acids is 1. The minimum atomic E-state index is -2.86. The zero-order chi connectivity index (χ0) is 20.3. The van der Waals surface area contributed by atoms with Gasteiger partial charge in [0.2, 0.25) is 5.78 Å². The highest BCUT2D eigenvalue weighted by Gasteiger charge is 2.23. The molecule has 0 aliphatic carbocycles. The lowest BCUT2D eigenvalue weighted by atomic mass is 10.1. The first-order valence-electron chi connectivity index (χ1n) is 8.87. The summed E-state index contributed by atoms with van der Waals surface area (Å²) in [7, 11) is 0. The second-order valence-electron chi connectivity index (χ2n) is 6.43. The number of nitrogens with zero attached hydrogens (tertiary/aromatic N) is 1. The molecule has 1 atom stereocenters. The lowest BCUT2D eigenvalue weighted by Crippen LogP contribution is -2.24. The number of benzene rings is 2. The first kappa shape index (κ1) is 19.6. The summed E-state index contributed by atoms with van der Waals surface area (Å²) in [4.78, 5) is 12.9. The van der Waals surface area contributed by atoms with Gasteiger partial charge in [0.15, 0.2) is 6.10 Å². The van der Waals surface area contributed by atoms with Crippen molar-refractivity contribution in [1.29, 1.82) is 0 Å². The molecule has 0 saturated carbocycles. The highest BCUT2D eigenvalue weighted by atomic mass is 19.3. The van der Waals surface area contributed by atoms with Crippen LogP contribution < -0.4 is 9.47 Å². The van der Waals surface area contributed by atoms with Gasteiger partial charge in [0.1, 0.15) is 11.5 Å². The first-order chi connectivity index (χ1) is 13.4. The van der Waals surface area contributed by atoms with E-state index in [9.17, 15) is 13.6 Å².